The highest BCUT2D eigenvalue weighted by atomic mass is 16.2. The largest absolute Gasteiger partial charge is 0.399 e. The third-order valence-corrected chi connectivity index (χ3v) is 3.35. The van der Waals surface area contributed by atoms with Crippen LogP contribution < -0.4 is 5.73 Å². The number of carbonyl (C=O) groups is 1. The van der Waals surface area contributed by atoms with Crippen molar-refractivity contribution in [2.75, 3.05) is 39.5 Å². The van der Waals surface area contributed by atoms with Crippen LogP contribution in [0.2, 0.25) is 0 Å². The molecule has 1 amide bonds. The SMILES string of the molecule is CCN(CCCN(C)C)C(=O)CCc1cccc(N)c1. The van der Waals surface area contributed by atoms with Crippen LogP contribution in [0.15, 0.2) is 24.3 Å². The molecule has 0 aromatic heterocycles. The van der Waals surface area contributed by atoms with E-state index in [2.05, 4.69) is 19.0 Å². The summed E-state index contributed by atoms with van der Waals surface area (Å²) in [6.45, 7) is 4.67. The maximum atomic E-state index is 12.2. The van der Waals surface area contributed by atoms with Crippen molar-refractivity contribution >= 4 is 11.6 Å². The van der Waals surface area contributed by atoms with Crippen LogP contribution in [-0.4, -0.2) is 49.4 Å². The molecule has 112 valence electrons. The maximum Gasteiger partial charge on any atom is 0.222 e. The number of benzene rings is 1. The Morgan fingerprint density at radius 3 is 2.60 bits per heavy atom. The first kappa shape index (κ1) is 16.5. The molecular weight excluding hydrogens is 250 g/mol. The van der Waals surface area contributed by atoms with Gasteiger partial charge >= 0.3 is 0 Å². The molecule has 20 heavy (non-hydrogen) atoms. The first-order valence-corrected chi connectivity index (χ1v) is 7.30. The van der Waals surface area contributed by atoms with Gasteiger partial charge in [-0.05, 0) is 58.1 Å². The van der Waals surface area contributed by atoms with Crippen LogP contribution in [0.5, 0.6) is 0 Å². The molecule has 0 unspecified atom stereocenters. The number of rotatable bonds is 8. The van der Waals surface area contributed by atoms with Crippen LogP contribution in [0.4, 0.5) is 5.69 Å². The Balaban J connectivity index is 2.39. The molecule has 1 aromatic rings. The molecular formula is C16H27N3O. The Kier molecular flexibility index (Phi) is 7.09. The maximum absolute atomic E-state index is 12.2. The topological polar surface area (TPSA) is 49.6 Å². The summed E-state index contributed by atoms with van der Waals surface area (Å²) >= 11 is 0. The molecule has 0 aliphatic heterocycles. The summed E-state index contributed by atoms with van der Waals surface area (Å²) in [5, 5.41) is 0. The van der Waals surface area contributed by atoms with Crippen molar-refractivity contribution < 1.29 is 4.79 Å². The first-order chi connectivity index (χ1) is 9.52. The summed E-state index contributed by atoms with van der Waals surface area (Å²) in [5.41, 5.74) is 7.63. The smallest absolute Gasteiger partial charge is 0.222 e. The van der Waals surface area contributed by atoms with Gasteiger partial charge in [-0.15, -0.1) is 0 Å². The second kappa shape index (κ2) is 8.59. The van der Waals surface area contributed by atoms with Crippen molar-refractivity contribution in [2.45, 2.75) is 26.2 Å². The molecule has 4 heteroatoms. The van der Waals surface area contributed by atoms with Crippen molar-refractivity contribution in [1.29, 1.82) is 0 Å². The van der Waals surface area contributed by atoms with E-state index >= 15 is 0 Å². The van der Waals surface area contributed by atoms with Crippen LogP contribution in [0, 0.1) is 0 Å². The Morgan fingerprint density at radius 1 is 1.25 bits per heavy atom. The molecule has 0 saturated carbocycles. The third-order valence-electron chi connectivity index (χ3n) is 3.35. The van der Waals surface area contributed by atoms with Crippen LogP contribution in [0.25, 0.3) is 0 Å². The average molecular weight is 277 g/mol. The van der Waals surface area contributed by atoms with Crippen LogP contribution in [0.3, 0.4) is 0 Å². The Labute approximate surface area is 122 Å². The zero-order valence-electron chi connectivity index (χ0n) is 12.9. The molecule has 2 N–H and O–H groups in total. The van der Waals surface area contributed by atoms with E-state index in [0.717, 1.165) is 43.7 Å². The zero-order valence-corrected chi connectivity index (χ0v) is 12.9. The number of hydrogen-bond donors (Lipinski definition) is 1. The number of amides is 1. The molecule has 0 fully saturated rings. The number of aryl methyl sites for hydroxylation is 1. The number of hydrogen-bond acceptors (Lipinski definition) is 3. The summed E-state index contributed by atoms with van der Waals surface area (Å²) in [6, 6.07) is 7.76. The number of carbonyl (C=O) groups excluding carboxylic acids is 1. The molecule has 0 radical (unpaired) electrons. The predicted octanol–water partition coefficient (Wildman–Crippen LogP) is 2.00. The lowest BCUT2D eigenvalue weighted by atomic mass is 10.1. The van der Waals surface area contributed by atoms with Crippen molar-refractivity contribution in [3.8, 4) is 0 Å². The van der Waals surface area contributed by atoms with Gasteiger partial charge in [0.25, 0.3) is 0 Å². The molecule has 0 heterocycles. The number of nitrogens with two attached hydrogens (primary N) is 1. The standard InChI is InChI=1S/C16H27N3O/c1-4-19(12-6-11-18(2)3)16(20)10-9-14-7-5-8-15(17)13-14/h5,7-8,13H,4,6,9-12,17H2,1-3H3. The van der Waals surface area contributed by atoms with Crippen molar-refractivity contribution in [2.24, 2.45) is 0 Å². The van der Waals surface area contributed by atoms with Gasteiger partial charge < -0.3 is 15.5 Å². The lowest BCUT2D eigenvalue weighted by molar-refractivity contribution is -0.131. The van der Waals surface area contributed by atoms with Gasteiger partial charge in [-0.25, -0.2) is 0 Å². The minimum atomic E-state index is 0.230. The highest BCUT2D eigenvalue weighted by Gasteiger charge is 2.11. The molecule has 0 aliphatic rings. The van der Waals surface area contributed by atoms with Crippen LogP contribution >= 0.6 is 0 Å². The van der Waals surface area contributed by atoms with Gasteiger partial charge in [-0.3, -0.25) is 4.79 Å². The van der Waals surface area contributed by atoms with Gasteiger partial charge in [-0.2, -0.15) is 0 Å². The molecule has 1 aromatic carbocycles. The molecule has 0 atom stereocenters. The highest BCUT2D eigenvalue weighted by molar-refractivity contribution is 5.76. The molecule has 0 aliphatic carbocycles. The number of anilines is 1. The first-order valence-electron chi connectivity index (χ1n) is 7.30. The van der Waals surface area contributed by atoms with E-state index in [1.165, 1.54) is 0 Å². The minimum absolute atomic E-state index is 0.230. The van der Waals surface area contributed by atoms with Crippen LogP contribution in [0.1, 0.15) is 25.3 Å². The summed E-state index contributed by atoms with van der Waals surface area (Å²) in [4.78, 5) is 16.3. The minimum Gasteiger partial charge on any atom is -0.399 e. The zero-order chi connectivity index (χ0) is 15.0. The fraction of sp³-hybridized carbons (Fsp3) is 0.562. The average Bonchev–Trinajstić information content (AvgIpc) is 2.41. The summed E-state index contributed by atoms with van der Waals surface area (Å²) in [7, 11) is 4.11. The van der Waals surface area contributed by atoms with Gasteiger partial charge in [0, 0.05) is 25.2 Å². The Hall–Kier alpha value is -1.55. The quantitative estimate of drug-likeness (QED) is 0.739. The van der Waals surface area contributed by atoms with E-state index in [0.29, 0.717) is 6.42 Å². The summed E-state index contributed by atoms with van der Waals surface area (Å²) < 4.78 is 0. The summed E-state index contributed by atoms with van der Waals surface area (Å²) in [5.74, 6) is 0.230. The third kappa shape index (κ3) is 6.06. The van der Waals surface area contributed by atoms with E-state index in [1.54, 1.807) is 0 Å². The lowest BCUT2D eigenvalue weighted by Gasteiger charge is -2.22. The van der Waals surface area contributed by atoms with Crippen LogP contribution in [-0.2, 0) is 11.2 Å². The molecule has 1 rings (SSSR count). The highest BCUT2D eigenvalue weighted by Crippen LogP contribution is 2.10. The molecule has 4 nitrogen and oxygen atoms in total. The fourth-order valence-electron chi connectivity index (χ4n) is 2.19. The fourth-order valence-corrected chi connectivity index (χ4v) is 2.19. The molecule has 0 saturated heterocycles. The number of nitrogens with zero attached hydrogens (tertiary/aromatic N) is 2. The van der Waals surface area contributed by atoms with Crippen molar-refractivity contribution in [3.05, 3.63) is 29.8 Å². The van der Waals surface area contributed by atoms with E-state index in [-0.39, 0.29) is 5.91 Å². The van der Waals surface area contributed by atoms with E-state index in [1.807, 2.05) is 36.1 Å². The van der Waals surface area contributed by atoms with E-state index in [4.69, 9.17) is 5.73 Å². The van der Waals surface area contributed by atoms with E-state index < -0.39 is 0 Å². The van der Waals surface area contributed by atoms with Crippen molar-refractivity contribution in [3.63, 3.8) is 0 Å². The molecule has 0 bridgehead atoms. The summed E-state index contributed by atoms with van der Waals surface area (Å²) in [6.07, 6.45) is 2.33. The van der Waals surface area contributed by atoms with Gasteiger partial charge in [0.05, 0.1) is 0 Å². The normalized spacial score (nSPS) is 10.8. The Morgan fingerprint density at radius 2 is 2.00 bits per heavy atom. The monoisotopic (exact) mass is 277 g/mol. The second-order valence-electron chi connectivity index (χ2n) is 5.38. The predicted molar refractivity (Wildman–Crippen MR) is 84.6 cm³/mol. The van der Waals surface area contributed by atoms with Gasteiger partial charge in [0.2, 0.25) is 5.91 Å². The van der Waals surface area contributed by atoms with Gasteiger partial charge in [0.15, 0.2) is 0 Å². The lowest BCUT2D eigenvalue weighted by Crippen LogP contribution is -2.33. The van der Waals surface area contributed by atoms with E-state index in [9.17, 15) is 4.79 Å². The van der Waals surface area contributed by atoms with Gasteiger partial charge in [-0.1, -0.05) is 12.1 Å². The Bertz CT molecular complexity index is 418. The second-order valence-corrected chi connectivity index (χ2v) is 5.38. The van der Waals surface area contributed by atoms with Crippen molar-refractivity contribution in [1.82, 2.24) is 9.80 Å². The molecule has 0 spiro atoms. The van der Waals surface area contributed by atoms with Gasteiger partial charge in [0.1, 0.15) is 0 Å². The number of nitrogen functional groups attached to an aromatic ring is 1.